The summed E-state index contributed by atoms with van der Waals surface area (Å²) < 4.78 is 21.9. The molecule has 3 atom stereocenters. The Morgan fingerprint density at radius 2 is 1.52 bits per heavy atom. The summed E-state index contributed by atoms with van der Waals surface area (Å²) in [5, 5.41) is 0. The predicted molar refractivity (Wildman–Crippen MR) is 125 cm³/mol. The average Bonchev–Trinajstić information content (AvgIpc) is 2.73. The zero-order chi connectivity index (χ0) is 23.4. The molecule has 5 nitrogen and oxygen atoms in total. The Morgan fingerprint density at radius 3 is 2.06 bits per heavy atom. The second-order valence-electron chi connectivity index (χ2n) is 8.61. The van der Waals surface area contributed by atoms with Gasteiger partial charge in [0.05, 0.1) is 14.2 Å². The zero-order valence-electron chi connectivity index (χ0n) is 20.7. The van der Waals surface area contributed by atoms with Gasteiger partial charge < -0.3 is 18.9 Å². The lowest BCUT2D eigenvalue weighted by atomic mass is 9.77. The van der Waals surface area contributed by atoms with Crippen molar-refractivity contribution in [3.63, 3.8) is 0 Å². The van der Waals surface area contributed by atoms with Crippen molar-refractivity contribution in [1.29, 1.82) is 0 Å². The van der Waals surface area contributed by atoms with Gasteiger partial charge in [-0.05, 0) is 59.8 Å². The lowest BCUT2D eigenvalue weighted by Gasteiger charge is -2.36. The molecule has 0 fully saturated rings. The Bertz CT molecular complexity index is 695. The highest BCUT2D eigenvalue weighted by atomic mass is 16.7. The van der Waals surface area contributed by atoms with E-state index in [9.17, 15) is 4.79 Å². The number of carbonyl (C=O) groups excluding carboxylic acids is 1. The highest BCUT2D eigenvalue weighted by Gasteiger charge is 2.43. The van der Waals surface area contributed by atoms with Gasteiger partial charge in [0, 0.05) is 18.9 Å². The van der Waals surface area contributed by atoms with Crippen LogP contribution in [0, 0.1) is 11.8 Å². The molecule has 0 amide bonds. The van der Waals surface area contributed by atoms with E-state index < -0.39 is 0 Å². The molecule has 1 aliphatic rings. The summed E-state index contributed by atoms with van der Waals surface area (Å²) in [6.07, 6.45) is 11.5. The van der Waals surface area contributed by atoms with Gasteiger partial charge in [-0.15, -0.1) is 0 Å². The molecule has 5 heteroatoms. The van der Waals surface area contributed by atoms with E-state index >= 15 is 0 Å². The van der Waals surface area contributed by atoms with Crippen molar-refractivity contribution in [2.75, 3.05) is 28.1 Å². The maximum Gasteiger partial charge on any atom is 0.204 e. The van der Waals surface area contributed by atoms with Crippen molar-refractivity contribution in [2.45, 2.75) is 72.8 Å². The molecule has 0 aromatic carbocycles. The van der Waals surface area contributed by atoms with Crippen LogP contribution in [0.25, 0.3) is 0 Å². The highest BCUT2D eigenvalue weighted by Crippen LogP contribution is 2.37. The van der Waals surface area contributed by atoms with Gasteiger partial charge in [0.15, 0.2) is 5.76 Å². The maximum atomic E-state index is 12.8. The second kappa shape index (κ2) is 14.3. The summed E-state index contributed by atoms with van der Waals surface area (Å²) in [6, 6.07) is 0. The second-order valence-corrected chi connectivity index (χ2v) is 8.61. The van der Waals surface area contributed by atoms with Crippen molar-refractivity contribution in [1.82, 2.24) is 0 Å². The molecule has 0 saturated heterocycles. The van der Waals surface area contributed by atoms with E-state index in [1.54, 1.807) is 14.2 Å². The summed E-state index contributed by atoms with van der Waals surface area (Å²) in [5.41, 5.74) is 4.13. The average molecular weight is 435 g/mol. The fourth-order valence-electron chi connectivity index (χ4n) is 3.86. The largest absolute Gasteiger partial charge is 0.494 e. The lowest BCUT2D eigenvalue weighted by molar-refractivity contribution is -0.137. The van der Waals surface area contributed by atoms with Crippen LogP contribution in [0.5, 0.6) is 0 Å². The van der Waals surface area contributed by atoms with Gasteiger partial charge in [0.1, 0.15) is 12.9 Å². The standard InChI is InChI=1S/C26H42O5/c1-18(2)11-9-12-19(3)13-10-14-20(4)15-16-22-21(5)23(27)25(29-7)26(30-8)24(22)31-17-28-6/h11,13,15,21-22,24H,9-10,12,14,16-17H2,1-8H3/b19-13+,20-15+/t21-,22-,24-/m0/s1. The van der Waals surface area contributed by atoms with Gasteiger partial charge in [0.25, 0.3) is 0 Å². The number of ether oxygens (including phenoxy) is 4. The molecule has 0 aliphatic heterocycles. The van der Waals surface area contributed by atoms with Crippen LogP contribution in [0.2, 0.25) is 0 Å². The number of ketones is 1. The molecule has 31 heavy (non-hydrogen) atoms. The SMILES string of the molecule is COCO[C@@H]1C(OC)=C(OC)C(=O)[C@@H](C)[C@@H]1C/C=C(\C)CC/C=C(\C)CCC=C(C)C. The number of hydrogen-bond donors (Lipinski definition) is 0. The van der Waals surface area contributed by atoms with Gasteiger partial charge in [-0.3, -0.25) is 4.79 Å². The minimum Gasteiger partial charge on any atom is -0.494 e. The van der Waals surface area contributed by atoms with Crippen LogP contribution in [-0.4, -0.2) is 40.0 Å². The van der Waals surface area contributed by atoms with E-state index in [1.807, 2.05) is 6.92 Å². The third-order valence-electron chi connectivity index (χ3n) is 5.80. The van der Waals surface area contributed by atoms with Gasteiger partial charge in [-0.25, -0.2) is 0 Å². The first kappa shape index (κ1) is 27.2. The van der Waals surface area contributed by atoms with Gasteiger partial charge in [0.2, 0.25) is 11.5 Å². The van der Waals surface area contributed by atoms with E-state index in [-0.39, 0.29) is 36.3 Å². The molecular weight excluding hydrogens is 392 g/mol. The number of hydrogen-bond acceptors (Lipinski definition) is 5. The minimum atomic E-state index is -0.381. The van der Waals surface area contributed by atoms with E-state index in [2.05, 4.69) is 45.9 Å². The summed E-state index contributed by atoms with van der Waals surface area (Å²) in [7, 11) is 4.62. The van der Waals surface area contributed by atoms with Crippen LogP contribution >= 0.6 is 0 Å². The number of Topliss-reactive ketones (excluding diaryl/α,β-unsaturated/α-hetero) is 1. The van der Waals surface area contributed by atoms with Crippen LogP contribution in [0.15, 0.2) is 46.5 Å². The fourth-order valence-corrected chi connectivity index (χ4v) is 3.86. The van der Waals surface area contributed by atoms with Crippen LogP contribution in [-0.2, 0) is 23.7 Å². The summed E-state index contributed by atoms with van der Waals surface area (Å²) in [4.78, 5) is 12.8. The van der Waals surface area contributed by atoms with E-state index in [1.165, 1.54) is 23.8 Å². The molecule has 0 radical (unpaired) electrons. The molecule has 176 valence electrons. The molecule has 0 aromatic rings. The molecule has 0 spiro atoms. The molecule has 0 N–H and O–H groups in total. The molecule has 0 aromatic heterocycles. The van der Waals surface area contributed by atoms with Gasteiger partial charge in [-0.2, -0.15) is 0 Å². The number of carbonyl (C=O) groups is 1. The van der Waals surface area contributed by atoms with Crippen molar-refractivity contribution in [3.05, 3.63) is 46.5 Å². The van der Waals surface area contributed by atoms with Crippen LogP contribution in [0.3, 0.4) is 0 Å². The Morgan fingerprint density at radius 1 is 0.903 bits per heavy atom. The monoisotopic (exact) mass is 434 g/mol. The smallest absolute Gasteiger partial charge is 0.204 e. The number of allylic oxidation sites excluding steroid dienone is 7. The number of methoxy groups -OCH3 is 3. The molecule has 1 rings (SSSR count). The highest BCUT2D eigenvalue weighted by molar-refractivity contribution is 5.97. The van der Waals surface area contributed by atoms with Gasteiger partial charge in [-0.1, -0.05) is 41.9 Å². The first-order valence-electron chi connectivity index (χ1n) is 11.2. The van der Waals surface area contributed by atoms with Crippen molar-refractivity contribution in [2.24, 2.45) is 11.8 Å². The Balaban J connectivity index is 2.81. The zero-order valence-corrected chi connectivity index (χ0v) is 20.7. The Labute approximate surface area is 189 Å². The summed E-state index contributed by atoms with van der Waals surface area (Å²) in [6.45, 7) is 10.7. The van der Waals surface area contributed by atoms with Crippen molar-refractivity contribution in [3.8, 4) is 0 Å². The van der Waals surface area contributed by atoms with E-state index in [4.69, 9.17) is 18.9 Å². The first-order valence-corrected chi connectivity index (χ1v) is 11.2. The van der Waals surface area contributed by atoms with E-state index in [0.717, 1.165) is 32.1 Å². The first-order chi connectivity index (χ1) is 14.8. The molecule has 0 unspecified atom stereocenters. The third kappa shape index (κ3) is 8.66. The summed E-state index contributed by atoms with van der Waals surface area (Å²) >= 11 is 0. The maximum absolute atomic E-state index is 12.8. The van der Waals surface area contributed by atoms with Crippen LogP contribution < -0.4 is 0 Å². The van der Waals surface area contributed by atoms with Crippen molar-refractivity contribution >= 4 is 5.78 Å². The van der Waals surface area contributed by atoms with Crippen molar-refractivity contribution < 1.29 is 23.7 Å². The molecule has 0 heterocycles. The summed E-state index contributed by atoms with van der Waals surface area (Å²) in [5.74, 6) is 0.405. The minimum absolute atomic E-state index is 0.0344. The Kier molecular flexibility index (Phi) is 12.5. The molecule has 1 aliphatic carbocycles. The third-order valence-corrected chi connectivity index (χ3v) is 5.80. The van der Waals surface area contributed by atoms with Crippen LogP contribution in [0.4, 0.5) is 0 Å². The predicted octanol–water partition coefficient (Wildman–Crippen LogP) is 6.12. The van der Waals surface area contributed by atoms with Crippen LogP contribution in [0.1, 0.15) is 66.7 Å². The lowest BCUT2D eigenvalue weighted by Crippen LogP contribution is -2.42. The fraction of sp³-hybridized carbons (Fsp3) is 0.654. The molecule has 0 bridgehead atoms. The van der Waals surface area contributed by atoms with Gasteiger partial charge >= 0.3 is 0 Å². The number of rotatable bonds is 13. The molecular formula is C26H42O5. The molecule has 0 saturated carbocycles. The van der Waals surface area contributed by atoms with E-state index in [0.29, 0.717) is 5.76 Å². The quantitative estimate of drug-likeness (QED) is 0.258. The Hall–Kier alpha value is -1.85. The topological polar surface area (TPSA) is 54.0 Å². The normalized spacial score (nSPS) is 22.6.